The first-order valence-corrected chi connectivity index (χ1v) is 7.58. The Balaban J connectivity index is 1.88. The summed E-state index contributed by atoms with van der Waals surface area (Å²) in [5, 5.41) is 0. The number of ether oxygens (including phenoxy) is 2. The minimum Gasteiger partial charge on any atom is -0.490 e. The van der Waals surface area contributed by atoms with Gasteiger partial charge in [0, 0.05) is 11.8 Å². The highest BCUT2D eigenvalue weighted by molar-refractivity contribution is 5.47. The van der Waals surface area contributed by atoms with Crippen LogP contribution in [0, 0.1) is 6.92 Å². The molecule has 2 N–H and O–H groups in total. The Kier molecular flexibility index (Phi) is 4.96. The van der Waals surface area contributed by atoms with E-state index >= 15 is 0 Å². The maximum absolute atomic E-state index is 5.78. The van der Waals surface area contributed by atoms with Crippen molar-refractivity contribution in [3.05, 3.63) is 53.6 Å². The third-order valence-electron chi connectivity index (χ3n) is 3.52. The largest absolute Gasteiger partial charge is 0.490 e. The predicted molar refractivity (Wildman–Crippen MR) is 91.7 cm³/mol. The van der Waals surface area contributed by atoms with Crippen LogP contribution in [0.5, 0.6) is 11.5 Å². The van der Waals surface area contributed by atoms with Crippen LogP contribution < -0.4 is 15.2 Å². The monoisotopic (exact) mass is 299 g/mol. The highest BCUT2D eigenvalue weighted by Gasteiger charge is 2.13. The normalized spacial score (nSPS) is 11.3. The fraction of sp³-hybridized carbons (Fsp3) is 0.368. The standard InChI is InChI=1S/C19H25NO2/c1-14-8-9-16(20)13-18(14)22-11-10-21-17-7-5-6-15(12-17)19(2,3)4/h5-9,12-13H,10-11,20H2,1-4H3. The van der Waals surface area contributed by atoms with Crippen molar-refractivity contribution in [3.8, 4) is 11.5 Å². The van der Waals surface area contributed by atoms with Crippen molar-refractivity contribution < 1.29 is 9.47 Å². The van der Waals surface area contributed by atoms with Crippen molar-refractivity contribution in [3.63, 3.8) is 0 Å². The molecular formula is C19H25NO2. The molecule has 0 radical (unpaired) electrons. The zero-order valence-corrected chi connectivity index (χ0v) is 13.8. The van der Waals surface area contributed by atoms with Crippen LogP contribution in [0.1, 0.15) is 31.9 Å². The molecule has 2 rings (SSSR count). The van der Waals surface area contributed by atoms with E-state index in [1.807, 2.05) is 37.3 Å². The molecule has 0 fully saturated rings. The molecule has 118 valence electrons. The number of aryl methyl sites for hydroxylation is 1. The van der Waals surface area contributed by atoms with Gasteiger partial charge in [-0.3, -0.25) is 0 Å². The van der Waals surface area contributed by atoms with E-state index in [2.05, 4.69) is 32.9 Å². The highest BCUT2D eigenvalue weighted by atomic mass is 16.5. The lowest BCUT2D eigenvalue weighted by Gasteiger charge is -2.19. The molecule has 2 aromatic carbocycles. The Labute approximate surface area is 133 Å². The quantitative estimate of drug-likeness (QED) is 0.660. The molecule has 0 aliphatic heterocycles. The molecule has 3 heteroatoms. The van der Waals surface area contributed by atoms with Crippen LogP contribution in [-0.4, -0.2) is 13.2 Å². The Morgan fingerprint density at radius 2 is 1.68 bits per heavy atom. The SMILES string of the molecule is Cc1ccc(N)cc1OCCOc1cccc(C(C)(C)C)c1. The van der Waals surface area contributed by atoms with Crippen LogP contribution in [0.2, 0.25) is 0 Å². The second kappa shape index (κ2) is 6.73. The van der Waals surface area contributed by atoms with E-state index in [1.54, 1.807) is 0 Å². The summed E-state index contributed by atoms with van der Waals surface area (Å²) in [6.07, 6.45) is 0. The lowest BCUT2D eigenvalue weighted by atomic mass is 9.87. The van der Waals surface area contributed by atoms with Crippen LogP contribution >= 0.6 is 0 Å². The van der Waals surface area contributed by atoms with Crippen LogP contribution in [0.3, 0.4) is 0 Å². The van der Waals surface area contributed by atoms with Crippen molar-refractivity contribution in [1.29, 1.82) is 0 Å². The Morgan fingerprint density at radius 1 is 0.955 bits per heavy atom. The summed E-state index contributed by atoms with van der Waals surface area (Å²) in [7, 11) is 0. The molecule has 0 unspecified atom stereocenters. The van der Waals surface area contributed by atoms with Gasteiger partial charge in [0.25, 0.3) is 0 Å². The van der Waals surface area contributed by atoms with Gasteiger partial charge in [0.05, 0.1) is 0 Å². The van der Waals surface area contributed by atoms with Gasteiger partial charge in [-0.2, -0.15) is 0 Å². The molecule has 22 heavy (non-hydrogen) atoms. The first-order valence-electron chi connectivity index (χ1n) is 7.58. The van der Waals surface area contributed by atoms with E-state index in [1.165, 1.54) is 5.56 Å². The second-order valence-electron chi connectivity index (χ2n) is 6.50. The smallest absolute Gasteiger partial charge is 0.124 e. The van der Waals surface area contributed by atoms with Crippen molar-refractivity contribution >= 4 is 5.69 Å². The van der Waals surface area contributed by atoms with Crippen LogP contribution in [0.4, 0.5) is 5.69 Å². The second-order valence-corrected chi connectivity index (χ2v) is 6.50. The van der Waals surface area contributed by atoms with Gasteiger partial charge in [0.15, 0.2) is 0 Å². The Hall–Kier alpha value is -2.16. The zero-order valence-electron chi connectivity index (χ0n) is 13.8. The number of hydrogen-bond donors (Lipinski definition) is 1. The summed E-state index contributed by atoms with van der Waals surface area (Å²) in [6, 6.07) is 13.9. The summed E-state index contributed by atoms with van der Waals surface area (Å²) in [6.45, 7) is 9.57. The number of nitrogen functional groups attached to an aromatic ring is 1. The lowest BCUT2D eigenvalue weighted by molar-refractivity contribution is 0.216. The highest BCUT2D eigenvalue weighted by Crippen LogP contribution is 2.25. The minimum absolute atomic E-state index is 0.120. The number of rotatable bonds is 5. The molecule has 2 aromatic rings. The van der Waals surface area contributed by atoms with Gasteiger partial charge >= 0.3 is 0 Å². The molecule has 0 aromatic heterocycles. The molecule has 0 saturated carbocycles. The van der Waals surface area contributed by atoms with Crippen molar-refractivity contribution in [2.24, 2.45) is 0 Å². The summed E-state index contributed by atoms with van der Waals surface area (Å²) in [5.41, 5.74) is 8.93. The summed E-state index contributed by atoms with van der Waals surface area (Å²) >= 11 is 0. The van der Waals surface area contributed by atoms with E-state index in [9.17, 15) is 0 Å². The van der Waals surface area contributed by atoms with Crippen molar-refractivity contribution in [2.75, 3.05) is 18.9 Å². The first-order chi connectivity index (χ1) is 10.4. The molecule has 0 aliphatic carbocycles. The average Bonchev–Trinajstić information content (AvgIpc) is 2.46. The number of anilines is 1. The average molecular weight is 299 g/mol. The maximum atomic E-state index is 5.78. The maximum Gasteiger partial charge on any atom is 0.124 e. The number of hydrogen-bond acceptors (Lipinski definition) is 3. The van der Waals surface area contributed by atoms with E-state index < -0.39 is 0 Å². The molecule has 0 saturated heterocycles. The molecule has 0 aliphatic rings. The van der Waals surface area contributed by atoms with Crippen LogP contribution in [0.15, 0.2) is 42.5 Å². The summed E-state index contributed by atoms with van der Waals surface area (Å²) in [5.74, 6) is 1.69. The minimum atomic E-state index is 0.120. The number of benzene rings is 2. The fourth-order valence-electron chi connectivity index (χ4n) is 2.14. The van der Waals surface area contributed by atoms with Gasteiger partial charge in [-0.15, -0.1) is 0 Å². The molecule has 0 spiro atoms. The first kappa shape index (κ1) is 16.2. The molecule has 0 bridgehead atoms. The molecule has 0 amide bonds. The zero-order chi connectivity index (χ0) is 16.2. The molecular weight excluding hydrogens is 274 g/mol. The molecule has 3 nitrogen and oxygen atoms in total. The van der Waals surface area contributed by atoms with E-state index in [-0.39, 0.29) is 5.41 Å². The van der Waals surface area contributed by atoms with Gasteiger partial charge < -0.3 is 15.2 Å². The van der Waals surface area contributed by atoms with Crippen LogP contribution in [-0.2, 0) is 5.41 Å². The van der Waals surface area contributed by atoms with E-state index in [0.717, 1.165) is 17.1 Å². The van der Waals surface area contributed by atoms with Gasteiger partial charge in [-0.05, 0) is 41.7 Å². The molecule has 0 heterocycles. The summed E-state index contributed by atoms with van der Waals surface area (Å²) in [4.78, 5) is 0. The number of nitrogens with two attached hydrogens (primary N) is 1. The van der Waals surface area contributed by atoms with Crippen LogP contribution in [0.25, 0.3) is 0 Å². The van der Waals surface area contributed by atoms with Gasteiger partial charge in [0.2, 0.25) is 0 Å². The molecule has 0 atom stereocenters. The summed E-state index contributed by atoms with van der Waals surface area (Å²) < 4.78 is 11.5. The van der Waals surface area contributed by atoms with Gasteiger partial charge in [-0.1, -0.05) is 39.0 Å². The third kappa shape index (κ3) is 4.42. The van der Waals surface area contributed by atoms with Crippen molar-refractivity contribution in [2.45, 2.75) is 33.1 Å². The Bertz CT molecular complexity index is 630. The predicted octanol–water partition coefficient (Wildman–Crippen LogP) is 4.33. The third-order valence-corrected chi connectivity index (χ3v) is 3.52. The van der Waals surface area contributed by atoms with E-state index in [4.69, 9.17) is 15.2 Å². The van der Waals surface area contributed by atoms with E-state index in [0.29, 0.717) is 18.9 Å². The fourth-order valence-corrected chi connectivity index (χ4v) is 2.14. The van der Waals surface area contributed by atoms with Gasteiger partial charge in [-0.25, -0.2) is 0 Å². The topological polar surface area (TPSA) is 44.5 Å². The van der Waals surface area contributed by atoms with Gasteiger partial charge in [0.1, 0.15) is 24.7 Å². The Morgan fingerprint density at radius 3 is 2.41 bits per heavy atom. The van der Waals surface area contributed by atoms with Crippen molar-refractivity contribution in [1.82, 2.24) is 0 Å². The lowest BCUT2D eigenvalue weighted by Crippen LogP contribution is -2.12.